The zero-order chi connectivity index (χ0) is 13.8. The van der Waals surface area contributed by atoms with Crippen LogP contribution >= 0.6 is 0 Å². The van der Waals surface area contributed by atoms with Gasteiger partial charge in [-0.05, 0) is 24.1 Å². The van der Waals surface area contributed by atoms with Gasteiger partial charge in [-0.15, -0.1) is 0 Å². The first kappa shape index (κ1) is 14.0. The summed E-state index contributed by atoms with van der Waals surface area (Å²) in [4.78, 5) is 12.1. The normalized spacial score (nSPS) is 22.5. The molecule has 2 unspecified atom stereocenters. The van der Waals surface area contributed by atoms with Crippen molar-refractivity contribution in [2.45, 2.75) is 25.0 Å². The van der Waals surface area contributed by atoms with Crippen molar-refractivity contribution < 1.29 is 18.7 Å². The van der Waals surface area contributed by atoms with Gasteiger partial charge in [0.05, 0.1) is 19.3 Å². The van der Waals surface area contributed by atoms with Gasteiger partial charge < -0.3 is 14.8 Å². The Kier molecular flexibility index (Phi) is 4.50. The maximum absolute atomic E-state index is 13.5. The number of hydrogen-bond acceptors (Lipinski definition) is 4. The first-order valence-corrected chi connectivity index (χ1v) is 6.25. The van der Waals surface area contributed by atoms with E-state index in [1.54, 1.807) is 13.2 Å². The summed E-state index contributed by atoms with van der Waals surface area (Å²) < 4.78 is 23.6. The Morgan fingerprint density at radius 3 is 2.84 bits per heavy atom. The first-order valence-electron chi connectivity index (χ1n) is 6.25. The molecule has 2 rings (SSSR count). The molecule has 0 aromatic heterocycles. The van der Waals surface area contributed by atoms with Crippen LogP contribution in [0.25, 0.3) is 0 Å². The van der Waals surface area contributed by atoms with Crippen LogP contribution in [0.4, 0.5) is 4.39 Å². The number of methoxy groups -OCH3 is 2. The average Bonchev–Trinajstić information content (AvgIpc) is 2.88. The minimum absolute atomic E-state index is 0.0594. The number of hydrogen-bond donors (Lipinski definition) is 1. The summed E-state index contributed by atoms with van der Waals surface area (Å²) in [6, 6.07) is 4.40. The Morgan fingerprint density at radius 2 is 2.26 bits per heavy atom. The molecule has 19 heavy (non-hydrogen) atoms. The SMILES string of the molecule is COc1ccc(CC(=O)C2CC(OC)CN2)cc1F. The van der Waals surface area contributed by atoms with Crippen LogP contribution in [-0.2, 0) is 16.0 Å². The van der Waals surface area contributed by atoms with Crippen LogP contribution in [0.1, 0.15) is 12.0 Å². The van der Waals surface area contributed by atoms with Crippen molar-refractivity contribution in [2.75, 3.05) is 20.8 Å². The predicted molar refractivity (Wildman–Crippen MR) is 68.9 cm³/mol. The molecule has 0 aliphatic carbocycles. The van der Waals surface area contributed by atoms with E-state index in [1.165, 1.54) is 19.2 Å². The van der Waals surface area contributed by atoms with Gasteiger partial charge in [0.2, 0.25) is 0 Å². The van der Waals surface area contributed by atoms with E-state index < -0.39 is 5.82 Å². The van der Waals surface area contributed by atoms with Crippen LogP contribution in [0.2, 0.25) is 0 Å². The number of Topliss-reactive ketones (excluding diaryl/α,β-unsaturated/α-hetero) is 1. The Morgan fingerprint density at radius 1 is 1.47 bits per heavy atom. The van der Waals surface area contributed by atoms with E-state index in [1.807, 2.05) is 0 Å². The third-order valence-corrected chi connectivity index (χ3v) is 3.41. The van der Waals surface area contributed by atoms with Crippen molar-refractivity contribution in [3.8, 4) is 5.75 Å². The molecular formula is C14H18FNO3. The van der Waals surface area contributed by atoms with Gasteiger partial charge in [-0.25, -0.2) is 4.39 Å². The van der Waals surface area contributed by atoms with Crippen molar-refractivity contribution in [3.05, 3.63) is 29.6 Å². The average molecular weight is 267 g/mol. The predicted octanol–water partition coefficient (Wildman–Crippen LogP) is 1.32. The highest BCUT2D eigenvalue weighted by Gasteiger charge is 2.29. The van der Waals surface area contributed by atoms with Crippen LogP contribution in [0, 0.1) is 5.82 Å². The van der Waals surface area contributed by atoms with Gasteiger partial charge in [0.25, 0.3) is 0 Å². The Balaban J connectivity index is 1.97. The largest absolute Gasteiger partial charge is 0.494 e. The molecule has 1 heterocycles. The number of rotatable bonds is 5. The first-order chi connectivity index (χ1) is 9.13. The Labute approximate surface area is 111 Å². The lowest BCUT2D eigenvalue weighted by atomic mass is 10.0. The molecule has 0 spiro atoms. The summed E-state index contributed by atoms with van der Waals surface area (Å²) in [6.45, 7) is 0.684. The molecule has 0 bridgehead atoms. The van der Waals surface area contributed by atoms with E-state index in [2.05, 4.69) is 5.32 Å². The third-order valence-electron chi connectivity index (χ3n) is 3.41. The highest BCUT2D eigenvalue weighted by atomic mass is 19.1. The summed E-state index contributed by atoms with van der Waals surface area (Å²) in [6.07, 6.45) is 0.977. The fraction of sp³-hybridized carbons (Fsp3) is 0.500. The molecule has 1 N–H and O–H groups in total. The number of nitrogens with one attached hydrogen (secondary N) is 1. The molecule has 1 fully saturated rings. The molecule has 1 saturated heterocycles. The summed E-state index contributed by atoms with van der Waals surface area (Å²) in [5, 5.41) is 3.12. The van der Waals surface area contributed by atoms with Gasteiger partial charge in [-0.2, -0.15) is 0 Å². The van der Waals surface area contributed by atoms with Gasteiger partial charge >= 0.3 is 0 Å². The van der Waals surface area contributed by atoms with Crippen molar-refractivity contribution >= 4 is 5.78 Å². The molecule has 1 aliphatic heterocycles. The molecule has 5 heteroatoms. The monoisotopic (exact) mass is 267 g/mol. The van der Waals surface area contributed by atoms with Gasteiger partial charge in [0.15, 0.2) is 17.3 Å². The Hall–Kier alpha value is -1.46. The second-order valence-corrected chi connectivity index (χ2v) is 4.67. The summed E-state index contributed by atoms with van der Waals surface area (Å²) >= 11 is 0. The summed E-state index contributed by atoms with van der Waals surface area (Å²) in [5.74, 6) is -0.194. The zero-order valence-electron chi connectivity index (χ0n) is 11.1. The van der Waals surface area contributed by atoms with Crippen LogP contribution in [0.5, 0.6) is 5.75 Å². The lowest BCUT2D eigenvalue weighted by Gasteiger charge is -2.10. The minimum atomic E-state index is -0.443. The quantitative estimate of drug-likeness (QED) is 0.874. The van der Waals surface area contributed by atoms with E-state index in [9.17, 15) is 9.18 Å². The summed E-state index contributed by atoms with van der Waals surface area (Å²) in [7, 11) is 3.05. The number of ketones is 1. The number of carbonyl (C=O) groups is 1. The molecule has 0 saturated carbocycles. The fourth-order valence-corrected chi connectivity index (χ4v) is 2.27. The van der Waals surface area contributed by atoms with Crippen LogP contribution in [0.15, 0.2) is 18.2 Å². The zero-order valence-corrected chi connectivity index (χ0v) is 11.1. The number of carbonyl (C=O) groups excluding carboxylic acids is 1. The highest BCUT2D eigenvalue weighted by molar-refractivity contribution is 5.86. The minimum Gasteiger partial charge on any atom is -0.494 e. The van der Waals surface area contributed by atoms with Gasteiger partial charge in [-0.3, -0.25) is 4.79 Å². The van der Waals surface area contributed by atoms with Crippen molar-refractivity contribution in [3.63, 3.8) is 0 Å². The van der Waals surface area contributed by atoms with E-state index in [4.69, 9.17) is 9.47 Å². The lowest BCUT2D eigenvalue weighted by Crippen LogP contribution is -2.31. The Bertz CT molecular complexity index is 464. The van der Waals surface area contributed by atoms with Gasteiger partial charge in [0, 0.05) is 20.1 Å². The molecule has 104 valence electrons. The topological polar surface area (TPSA) is 47.6 Å². The smallest absolute Gasteiger partial charge is 0.165 e. The van der Waals surface area contributed by atoms with Crippen molar-refractivity contribution in [1.82, 2.24) is 5.32 Å². The van der Waals surface area contributed by atoms with E-state index in [0.717, 1.165) is 0 Å². The second-order valence-electron chi connectivity index (χ2n) is 4.67. The number of ether oxygens (including phenoxy) is 2. The molecule has 1 aliphatic rings. The standard InChI is InChI=1S/C14H18FNO3/c1-18-10-7-12(16-8-10)13(17)6-9-3-4-14(19-2)11(15)5-9/h3-5,10,12,16H,6-8H2,1-2H3. The van der Waals surface area contributed by atoms with Gasteiger partial charge in [0.1, 0.15) is 0 Å². The molecule has 1 aromatic carbocycles. The molecular weight excluding hydrogens is 249 g/mol. The summed E-state index contributed by atoms with van der Waals surface area (Å²) in [5.41, 5.74) is 0.658. The van der Waals surface area contributed by atoms with Crippen molar-refractivity contribution in [2.24, 2.45) is 0 Å². The van der Waals surface area contributed by atoms with Gasteiger partial charge in [-0.1, -0.05) is 6.07 Å². The lowest BCUT2D eigenvalue weighted by molar-refractivity contribution is -0.120. The maximum Gasteiger partial charge on any atom is 0.165 e. The van der Waals surface area contributed by atoms with E-state index >= 15 is 0 Å². The fourth-order valence-electron chi connectivity index (χ4n) is 2.27. The van der Waals surface area contributed by atoms with Crippen LogP contribution in [0.3, 0.4) is 0 Å². The molecule has 4 nitrogen and oxygen atoms in total. The number of benzene rings is 1. The van der Waals surface area contributed by atoms with Crippen LogP contribution in [-0.4, -0.2) is 38.7 Å². The molecule has 0 radical (unpaired) electrons. The molecule has 0 amide bonds. The maximum atomic E-state index is 13.5. The van der Waals surface area contributed by atoms with Crippen molar-refractivity contribution in [1.29, 1.82) is 0 Å². The number of halogens is 1. The third kappa shape index (κ3) is 3.30. The highest BCUT2D eigenvalue weighted by Crippen LogP contribution is 2.19. The second kappa shape index (κ2) is 6.12. The molecule has 2 atom stereocenters. The van der Waals surface area contributed by atoms with Crippen LogP contribution < -0.4 is 10.1 Å². The van der Waals surface area contributed by atoms with E-state index in [-0.39, 0.29) is 30.1 Å². The molecule has 1 aromatic rings. The van der Waals surface area contributed by atoms with E-state index in [0.29, 0.717) is 18.5 Å².